The van der Waals surface area contributed by atoms with Crippen molar-refractivity contribution in [3.8, 4) is 5.75 Å². The largest absolute Gasteiger partial charge is 0.497 e. The van der Waals surface area contributed by atoms with Crippen molar-refractivity contribution in [2.75, 3.05) is 25.6 Å². The third-order valence-electron chi connectivity index (χ3n) is 3.00. The fourth-order valence-corrected chi connectivity index (χ4v) is 1.84. The van der Waals surface area contributed by atoms with Crippen LogP contribution in [0.3, 0.4) is 0 Å². The number of anilines is 1. The smallest absolute Gasteiger partial charge is 0.343 e. The zero-order valence-corrected chi connectivity index (χ0v) is 11.5. The van der Waals surface area contributed by atoms with Gasteiger partial charge < -0.3 is 19.5 Å². The molecule has 1 unspecified atom stereocenters. The van der Waals surface area contributed by atoms with E-state index in [1.165, 1.54) is 7.11 Å². The normalized spacial score (nSPS) is 17.1. The Balaban J connectivity index is 1.76. The van der Waals surface area contributed by atoms with Gasteiger partial charge in [-0.05, 0) is 43.2 Å². The first-order valence-electron chi connectivity index (χ1n) is 6.62. The highest BCUT2D eigenvalue weighted by atomic mass is 16.6. The molecule has 1 aromatic carbocycles. The van der Waals surface area contributed by atoms with Crippen LogP contribution in [0.15, 0.2) is 36.6 Å². The van der Waals surface area contributed by atoms with Crippen molar-refractivity contribution >= 4 is 11.7 Å². The highest BCUT2D eigenvalue weighted by molar-refractivity contribution is 5.70. The molecule has 1 aliphatic rings. The maximum absolute atomic E-state index is 11.0. The van der Waals surface area contributed by atoms with Crippen LogP contribution in [-0.2, 0) is 14.3 Å². The molecule has 0 aliphatic carbocycles. The molecule has 0 saturated carbocycles. The van der Waals surface area contributed by atoms with Gasteiger partial charge in [0.2, 0.25) is 0 Å². The zero-order chi connectivity index (χ0) is 14.2. The Bertz CT molecular complexity index is 455. The first kappa shape index (κ1) is 14.2. The molecule has 0 spiro atoms. The van der Waals surface area contributed by atoms with Crippen LogP contribution >= 0.6 is 0 Å². The number of benzene rings is 1. The molecular formula is C15H19NO4. The Labute approximate surface area is 118 Å². The van der Waals surface area contributed by atoms with Crippen LogP contribution in [0.25, 0.3) is 0 Å². The molecule has 108 valence electrons. The van der Waals surface area contributed by atoms with Gasteiger partial charge in [0.05, 0.1) is 19.9 Å². The lowest BCUT2D eigenvalue weighted by Crippen LogP contribution is -2.22. The van der Waals surface area contributed by atoms with Gasteiger partial charge in [0.15, 0.2) is 6.61 Å². The minimum atomic E-state index is -0.394. The number of nitrogens with one attached hydrogen (secondary N) is 1. The molecule has 1 N–H and O–H groups in total. The van der Waals surface area contributed by atoms with Gasteiger partial charge in [-0.2, -0.15) is 0 Å². The lowest BCUT2D eigenvalue weighted by Gasteiger charge is -2.20. The van der Waals surface area contributed by atoms with Crippen LogP contribution in [0.4, 0.5) is 5.69 Å². The SMILES string of the molecule is COC(=O)COc1ccc(NCC2CCC=CO2)cc1. The van der Waals surface area contributed by atoms with E-state index in [1.54, 1.807) is 6.26 Å². The zero-order valence-electron chi connectivity index (χ0n) is 11.5. The summed E-state index contributed by atoms with van der Waals surface area (Å²) in [5.41, 5.74) is 0.994. The maximum atomic E-state index is 11.0. The number of hydrogen-bond acceptors (Lipinski definition) is 5. The molecule has 0 radical (unpaired) electrons. The Morgan fingerprint density at radius 2 is 2.20 bits per heavy atom. The quantitative estimate of drug-likeness (QED) is 0.809. The summed E-state index contributed by atoms with van der Waals surface area (Å²) < 4.78 is 15.3. The predicted octanol–water partition coefficient (Wildman–Crippen LogP) is 2.34. The summed E-state index contributed by atoms with van der Waals surface area (Å²) in [5.74, 6) is 0.243. The second kappa shape index (κ2) is 7.43. The van der Waals surface area contributed by atoms with Gasteiger partial charge in [-0.15, -0.1) is 0 Å². The average molecular weight is 277 g/mol. The van der Waals surface area contributed by atoms with Gasteiger partial charge in [-0.1, -0.05) is 0 Å². The van der Waals surface area contributed by atoms with E-state index < -0.39 is 5.97 Å². The Kier molecular flexibility index (Phi) is 5.29. The van der Waals surface area contributed by atoms with E-state index in [4.69, 9.17) is 9.47 Å². The number of hydrogen-bond donors (Lipinski definition) is 1. The standard InChI is InChI=1S/C15H19NO4/c1-18-15(17)11-20-13-7-5-12(6-8-13)16-10-14-4-2-3-9-19-14/h3,5-9,14,16H,2,4,10-11H2,1H3. The summed E-state index contributed by atoms with van der Waals surface area (Å²) in [4.78, 5) is 11.0. The van der Waals surface area contributed by atoms with Crippen LogP contribution < -0.4 is 10.1 Å². The summed E-state index contributed by atoms with van der Waals surface area (Å²) in [6.07, 6.45) is 6.11. The molecule has 0 aromatic heterocycles. The summed E-state index contributed by atoms with van der Waals surface area (Å²) in [6, 6.07) is 7.44. The maximum Gasteiger partial charge on any atom is 0.343 e. The van der Waals surface area contributed by atoms with Gasteiger partial charge in [0.25, 0.3) is 0 Å². The van der Waals surface area contributed by atoms with Crippen LogP contribution in [0.5, 0.6) is 5.75 Å². The number of carbonyl (C=O) groups excluding carboxylic acids is 1. The number of ether oxygens (including phenoxy) is 3. The molecule has 0 amide bonds. The Morgan fingerprint density at radius 3 is 2.85 bits per heavy atom. The molecular weight excluding hydrogens is 258 g/mol. The molecule has 0 bridgehead atoms. The Hall–Kier alpha value is -2.17. The third kappa shape index (κ3) is 4.50. The molecule has 0 fully saturated rings. The van der Waals surface area contributed by atoms with Crippen molar-refractivity contribution in [3.63, 3.8) is 0 Å². The summed E-state index contributed by atoms with van der Waals surface area (Å²) >= 11 is 0. The van der Waals surface area contributed by atoms with Crippen LogP contribution in [0.1, 0.15) is 12.8 Å². The highest BCUT2D eigenvalue weighted by Crippen LogP contribution is 2.17. The second-order valence-corrected chi connectivity index (χ2v) is 4.48. The number of carbonyl (C=O) groups is 1. The fraction of sp³-hybridized carbons (Fsp3) is 0.400. The molecule has 1 aromatic rings. The number of allylic oxidation sites excluding steroid dienone is 1. The van der Waals surface area contributed by atoms with Crippen molar-refractivity contribution in [2.24, 2.45) is 0 Å². The van der Waals surface area contributed by atoms with E-state index >= 15 is 0 Å². The monoisotopic (exact) mass is 277 g/mol. The van der Waals surface area contributed by atoms with Crippen molar-refractivity contribution in [1.82, 2.24) is 0 Å². The number of methoxy groups -OCH3 is 1. The van der Waals surface area contributed by atoms with Crippen molar-refractivity contribution in [3.05, 3.63) is 36.6 Å². The molecule has 1 aliphatic heterocycles. The van der Waals surface area contributed by atoms with Crippen LogP contribution in [0.2, 0.25) is 0 Å². The van der Waals surface area contributed by atoms with Crippen molar-refractivity contribution in [2.45, 2.75) is 18.9 Å². The lowest BCUT2D eigenvalue weighted by molar-refractivity contribution is -0.142. The van der Waals surface area contributed by atoms with E-state index in [9.17, 15) is 4.79 Å². The third-order valence-corrected chi connectivity index (χ3v) is 3.00. The van der Waals surface area contributed by atoms with E-state index in [0.717, 1.165) is 25.1 Å². The average Bonchev–Trinajstić information content (AvgIpc) is 2.52. The van der Waals surface area contributed by atoms with E-state index in [0.29, 0.717) is 5.75 Å². The van der Waals surface area contributed by atoms with E-state index in [2.05, 4.69) is 10.1 Å². The van der Waals surface area contributed by atoms with Crippen LogP contribution in [0, 0.1) is 0 Å². The minimum Gasteiger partial charge on any atom is -0.497 e. The Morgan fingerprint density at radius 1 is 1.40 bits per heavy atom. The van der Waals surface area contributed by atoms with Crippen molar-refractivity contribution < 1.29 is 19.0 Å². The van der Waals surface area contributed by atoms with Gasteiger partial charge >= 0.3 is 5.97 Å². The predicted molar refractivity (Wildman–Crippen MR) is 75.7 cm³/mol. The number of esters is 1. The first-order valence-corrected chi connectivity index (χ1v) is 6.62. The highest BCUT2D eigenvalue weighted by Gasteiger charge is 2.10. The van der Waals surface area contributed by atoms with E-state index in [-0.39, 0.29) is 12.7 Å². The van der Waals surface area contributed by atoms with Crippen molar-refractivity contribution in [1.29, 1.82) is 0 Å². The molecule has 20 heavy (non-hydrogen) atoms. The molecule has 0 saturated heterocycles. The second-order valence-electron chi connectivity index (χ2n) is 4.48. The van der Waals surface area contributed by atoms with E-state index in [1.807, 2.05) is 30.3 Å². The minimum absolute atomic E-state index is 0.0779. The fourth-order valence-electron chi connectivity index (χ4n) is 1.84. The summed E-state index contributed by atoms with van der Waals surface area (Å²) in [7, 11) is 1.33. The molecule has 5 heteroatoms. The summed E-state index contributed by atoms with van der Waals surface area (Å²) in [6.45, 7) is 0.693. The first-order chi connectivity index (χ1) is 9.78. The van der Waals surface area contributed by atoms with Gasteiger partial charge in [0.1, 0.15) is 11.9 Å². The molecule has 5 nitrogen and oxygen atoms in total. The topological polar surface area (TPSA) is 56.8 Å². The number of rotatable bonds is 6. The molecule has 1 atom stereocenters. The summed E-state index contributed by atoms with van der Waals surface area (Å²) in [5, 5.41) is 3.31. The van der Waals surface area contributed by atoms with Gasteiger partial charge in [-0.3, -0.25) is 0 Å². The van der Waals surface area contributed by atoms with Gasteiger partial charge in [0, 0.05) is 5.69 Å². The lowest BCUT2D eigenvalue weighted by atomic mass is 10.1. The van der Waals surface area contributed by atoms with Gasteiger partial charge in [-0.25, -0.2) is 4.79 Å². The molecule has 2 rings (SSSR count). The van der Waals surface area contributed by atoms with Crippen LogP contribution in [-0.4, -0.2) is 32.3 Å². The molecule has 1 heterocycles.